The van der Waals surface area contributed by atoms with Crippen LogP contribution in [0.4, 0.5) is 0 Å². The third-order valence-electron chi connectivity index (χ3n) is 4.53. The van der Waals surface area contributed by atoms with Gasteiger partial charge < -0.3 is 14.8 Å². The quantitative estimate of drug-likeness (QED) is 0.617. The zero-order valence-electron chi connectivity index (χ0n) is 13.4. The van der Waals surface area contributed by atoms with Gasteiger partial charge in [0, 0.05) is 12.2 Å². The smallest absolute Gasteiger partial charge is 0.277 e. The van der Waals surface area contributed by atoms with Gasteiger partial charge in [0.1, 0.15) is 17.7 Å². The SMILES string of the molecule is NC(c1ccccc1)c1noc(-c2ncnc3c2ccn3C2CC2)n1. The first-order chi connectivity index (χ1) is 12.3. The number of hydrogen-bond acceptors (Lipinski definition) is 6. The van der Waals surface area contributed by atoms with E-state index in [2.05, 4.69) is 24.7 Å². The Morgan fingerprint density at radius 2 is 1.96 bits per heavy atom. The van der Waals surface area contributed by atoms with Crippen LogP contribution in [0.3, 0.4) is 0 Å². The third kappa shape index (κ3) is 2.40. The molecular weight excluding hydrogens is 316 g/mol. The molecule has 3 heterocycles. The molecule has 1 saturated carbocycles. The minimum absolute atomic E-state index is 0.363. The molecule has 5 rings (SSSR count). The van der Waals surface area contributed by atoms with Gasteiger partial charge >= 0.3 is 0 Å². The van der Waals surface area contributed by atoms with Crippen LogP contribution in [0.15, 0.2) is 53.4 Å². The molecule has 0 saturated heterocycles. The maximum Gasteiger partial charge on any atom is 0.277 e. The van der Waals surface area contributed by atoms with Gasteiger partial charge in [0.15, 0.2) is 5.82 Å². The molecule has 0 bridgehead atoms. The summed E-state index contributed by atoms with van der Waals surface area (Å²) in [4.78, 5) is 13.2. The van der Waals surface area contributed by atoms with Crippen molar-refractivity contribution >= 4 is 11.0 Å². The summed E-state index contributed by atoms with van der Waals surface area (Å²) in [5.74, 6) is 0.803. The van der Waals surface area contributed by atoms with Gasteiger partial charge in [0.2, 0.25) is 0 Å². The van der Waals surface area contributed by atoms with Crippen molar-refractivity contribution in [2.24, 2.45) is 5.73 Å². The zero-order chi connectivity index (χ0) is 16.8. The van der Waals surface area contributed by atoms with Crippen molar-refractivity contribution in [1.82, 2.24) is 24.7 Å². The normalized spacial score (nSPS) is 15.6. The molecule has 7 nitrogen and oxygen atoms in total. The number of nitrogens with two attached hydrogens (primary N) is 1. The van der Waals surface area contributed by atoms with Gasteiger partial charge in [-0.15, -0.1) is 0 Å². The fraction of sp³-hybridized carbons (Fsp3) is 0.222. The van der Waals surface area contributed by atoms with Crippen molar-refractivity contribution in [3.63, 3.8) is 0 Å². The first kappa shape index (κ1) is 14.3. The Labute approximate surface area is 143 Å². The second-order valence-electron chi connectivity index (χ2n) is 6.26. The number of rotatable bonds is 4. The molecule has 25 heavy (non-hydrogen) atoms. The Balaban J connectivity index is 1.54. The van der Waals surface area contributed by atoms with Gasteiger partial charge in [-0.25, -0.2) is 9.97 Å². The average Bonchev–Trinajstić information content (AvgIpc) is 3.22. The monoisotopic (exact) mass is 332 g/mol. The lowest BCUT2D eigenvalue weighted by Gasteiger charge is -2.06. The van der Waals surface area contributed by atoms with Crippen LogP contribution >= 0.6 is 0 Å². The van der Waals surface area contributed by atoms with Crippen molar-refractivity contribution in [2.45, 2.75) is 24.9 Å². The van der Waals surface area contributed by atoms with Crippen LogP contribution < -0.4 is 5.73 Å². The molecule has 1 fully saturated rings. The van der Waals surface area contributed by atoms with Gasteiger partial charge in [-0.1, -0.05) is 35.5 Å². The molecule has 4 aromatic rings. The maximum absolute atomic E-state index is 6.25. The molecule has 0 amide bonds. The molecule has 1 aliphatic rings. The van der Waals surface area contributed by atoms with Crippen molar-refractivity contribution < 1.29 is 4.52 Å². The van der Waals surface area contributed by atoms with E-state index >= 15 is 0 Å². The molecular formula is C18H16N6O. The predicted octanol–water partition coefficient (Wildman–Crippen LogP) is 2.86. The Morgan fingerprint density at radius 1 is 1.12 bits per heavy atom. The van der Waals surface area contributed by atoms with Crippen molar-refractivity contribution in [3.8, 4) is 11.6 Å². The molecule has 2 N–H and O–H groups in total. The van der Waals surface area contributed by atoms with E-state index in [1.807, 2.05) is 42.6 Å². The number of benzene rings is 1. The Kier molecular flexibility index (Phi) is 3.14. The van der Waals surface area contributed by atoms with Gasteiger partial charge in [0.25, 0.3) is 5.89 Å². The lowest BCUT2D eigenvalue weighted by Crippen LogP contribution is -2.13. The zero-order valence-corrected chi connectivity index (χ0v) is 13.4. The summed E-state index contributed by atoms with van der Waals surface area (Å²) in [6.07, 6.45) is 5.98. The van der Waals surface area contributed by atoms with Crippen LogP contribution in [-0.2, 0) is 0 Å². The Bertz CT molecular complexity index is 1030. The number of fused-ring (bicyclic) bond motifs is 1. The molecule has 1 aromatic carbocycles. The standard InChI is InChI=1S/C18H16N6O/c19-14(11-4-2-1-3-5-11)16-22-18(25-23-16)15-13-8-9-24(12-6-7-12)17(13)21-10-20-15/h1-5,8-10,12,14H,6-7,19H2. The van der Waals surface area contributed by atoms with Crippen molar-refractivity contribution in [2.75, 3.05) is 0 Å². The average molecular weight is 332 g/mol. The summed E-state index contributed by atoms with van der Waals surface area (Å²) in [6, 6.07) is 11.8. The van der Waals surface area contributed by atoms with E-state index in [0.29, 0.717) is 23.5 Å². The van der Waals surface area contributed by atoms with E-state index < -0.39 is 6.04 Å². The van der Waals surface area contributed by atoms with Gasteiger partial charge in [-0.2, -0.15) is 4.98 Å². The lowest BCUT2D eigenvalue weighted by molar-refractivity contribution is 0.419. The van der Waals surface area contributed by atoms with Gasteiger partial charge in [-0.05, 0) is 24.5 Å². The summed E-state index contributed by atoms with van der Waals surface area (Å²) in [5.41, 5.74) is 8.73. The molecule has 0 spiro atoms. The second kappa shape index (κ2) is 5.49. The highest BCUT2D eigenvalue weighted by atomic mass is 16.5. The summed E-state index contributed by atoms with van der Waals surface area (Å²) in [6.45, 7) is 0. The fourth-order valence-corrected chi connectivity index (χ4v) is 3.06. The molecule has 1 aliphatic carbocycles. The summed E-state index contributed by atoms with van der Waals surface area (Å²) >= 11 is 0. The minimum Gasteiger partial charge on any atom is -0.332 e. The van der Waals surface area contributed by atoms with E-state index in [4.69, 9.17) is 10.3 Å². The Hall–Kier alpha value is -3.06. The van der Waals surface area contributed by atoms with Crippen molar-refractivity contribution in [1.29, 1.82) is 0 Å². The van der Waals surface area contributed by atoms with E-state index in [0.717, 1.165) is 16.6 Å². The van der Waals surface area contributed by atoms with Crippen LogP contribution in [0, 0.1) is 0 Å². The molecule has 1 unspecified atom stereocenters. The highest BCUT2D eigenvalue weighted by Gasteiger charge is 2.26. The Morgan fingerprint density at radius 3 is 2.76 bits per heavy atom. The van der Waals surface area contributed by atoms with Crippen LogP contribution in [-0.4, -0.2) is 24.7 Å². The lowest BCUT2D eigenvalue weighted by atomic mass is 10.1. The van der Waals surface area contributed by atoms with Crippen LogP contribution in [0.5, 0.6) is 0 Å². The molecule has 0 aliphatic heterocycles. The van der Waals surface area contributed by atoms with E-state index in [1.54, 1.807) is 0 Å². The fourth-order valence-electron chi connectivity index (χ4n) is 3.06. The van der Waals surface area contributed by atoms with Crippen molar-refractivity contribution in [3.05, 3.63) is 60.3 Å². The summed E-state index contributed by atoms with van der Waals surface area (Å²) < 4.78 is 7.63. The van der Waals surface area contributed by atoms with Gasteiger partial charge in [-0.3, -0.25) is 0 Å². The van der Waals surface area contributed by atoms with Gasteiger partial charge in [0.05, 0.1) is 11.4 Å². The largest absolute Gasteiger partial charge is 0.332 e. The molecule has 3 aromatic heterocycles. The topological polar surface area (TPSA) is 95.6 Å². The minimum atomic E-state index is -0.438. The molecule has 124 valence electrons. The maximum atomic E-state index is 6.25. The number of aromatic nitrogens is 5. The van der Waals surface area contributed by atoms with E-state index in [9.17, 15) is 0 Å². The van der Waals surface area contributed by atoms with Crippen LogP contribution in [0.25, 0.3) is 22.6 Å². The van der Waals surface area contributed by atoms with E-state index in [-0.39, 0.29) is 0 Å². The first-order valence-electron chi connectivity index (χ1n) is 8.27. The predicted molar refractivity (Wildman–Crippen MR) is 91.6 cm³/mol. The molecule has 0 radical (unpaired) electrons. The highest BCUT2D eigenvalue weighted by Crippen LogP contribution is 2.38. The third-order valence-corrected chi connectivity index (χ3v) is 4.53. The van der Waals surface area contributed by atoms with Crippen LogP contribution in [0.1, 0.15) is 36.3 Å². The number of hydrogen-bond donors (Lipinski definition) is 1. The molecule has 7 heteroatoms. The first-order valence-corrected chi connectivity index (χ1v) is 8.27. The highest BCUT2D eigenvalue weighted by molar-refractivity contribution is 5.88. The van der Waals surface area contributed by atoms with E-state index in [1.165, 1.54) is 19.2 Å². The summed E-state index contributed by atoms with van der Waals surface area (Å²) in [7, 11) is 0. The summed E-state index contributed by atoms with van der Waals surface area (Å²) in [5, 5.41) is 4.97. The number of nitrogens with zero attached hydrogens (tertiary/aromatic N) is 5. The second-order valence-corrected chi connectivity index (χ2v) is 6.26. The van der Waals surface area contributed by atoms with Crippen LogP contribution in [0.2, 0.25) is 0 Å². The molecule has 1 atom stereocenters.